The van der Waals surface area contributed by atoms with E-state index in [1.807, 2.05) is 0 Å². The van der Waals surface area contributed by atoms with Crippen molar-refractivity contribution in [2.45, 2.75) is 6.04 Å². The fraction of sp³-hybridized carbons (Fsp3) is 0.310. The molecule has 0 heterocycles. The molecular weight excluding hydrogens is 599 g/mol. The minimum absolute atomic E-state index is 0. The predicted molar refractivity (Wildman–Crippen MR) is 157 cm³/mol. The Labute approximate surface area is 247 Å². The number of nitrogens with one attached hydrogen (secondary N) is 1. The minimum atomic E-state index is -1.92. The molecule has 3 aromatic carbocycles. The summed E-state index contributed by atoms with van der Waals surface area (Å²) in [5.74, 6) is -0.791. The van der Waals surface area contributed by atoms with Crippen LogP contribution in [0.4, 0.5) is 0 Å². The average molecular weight is 636 g/mol. The first-order valence-electron chi connectivity index (χ1n) is 12.6. The number of ether oxygens (including phenoxy) is 3. The molecule has 1 amide bonds. The van der Waals surface area contributed by atoms with Crippen LogP contribution in [0.1, 0.15) is 0 Å². The van der Waals surface area contributed by atoms with Crippen LogP contribution in [-0.2, 0) is 23.8 Å². The standard InChI is InChI=1S/C29H35N2O5PS.BrH/c30-27(23-38)29(33)31-22-28(32)36-19-18-34-16-17-35-20-21-37(24-10-4-1-5-11-24,25-12-6-2-7-13-25)26-14-8-3-9-15-26;/h1-15,27H,16-23,30H2,(H-,31,33,38);1H/t27-;/m0./s1. The summed E-state index contributed by atoms with van der Waals surface area (Å²) in [5.41, 5.74) is 5.53. The molecule has 3 N–H and O–H groups in total. The summed E-state index contributed by atoms with van der Waals surface area (Å²) in [7, 11) is -1.92. The van der Waals surface area contributed by atoms with E-state index in [0.29, 0.717) is 19.8 Å². The van der Waals surface area contributed by atoms with Gasteiger partial charge in [-0.3, -0.25) is 9.59 Å². The zero-order valence-corrected chi connectivity index (χ0v) is 25.2. The van der Waals surface area contributed by atoms with E-state index in [0.717, 1.165) is 6.16 Å². The summed E-state index contributed by atoms with van der Waals surface area (Å²) < 4.78 is 16.6. The van der Waals surface area contributed by atoms with E-state index in [9.17, 15) is 9.59 Å². The first-order chi connectivity index (χ1) is 18.6. The van der Waals surface area contributed by atoms with Gasteiger partial charge in [-0.25, -0.2) is 0 Å². The Morgan fingerprint density at radius 3 is 1.64 bits per heavy atom. The third-order valence-electron chi connectivity index (χ3n) is 5.97. The summed E-state index contributed by atoms with van der Waals surface area (Å²) >= 11 is 3.95. The minimum Gasteiger partial charge on any atom is -1.00 e. The first kappa shape index (κ1) is 32.9. The van der Waals surface area contributed by atoms with Crippen molar-refractivity contribution in [1.29, 1.82) is 0 Å². The van der Waals surface area contributed by atoms with Crippen molar-refractivity contribution in [2.75, 3.05) is 51.5 Å². The molecule has 0 radical (unpaired) electrons. The average Bonchev–Trinajstić information content (AvgIpc) is 2.98. The van der Waals surface area contributed by atoms with Gasteiger partial charge >= 0.3 is 5.97 Å². The number of carbonyl (C=O) groups excluding carboxylic acids is 2. The summed E-state index contributed by atoms with van der Waals surface area (Å²) in [6.07, 6.45) is 0.866. The highest BCUT2D eigenvalue weighted by molar-refractivity contribution is 7.95. The molecule has 0 spiro atoms. The van der Waals surface area contributed by atoms with Crippen LogP contribution in [0, 0.1) is 0 Å². The maximum Gasteiger partial charge on any atom is 0.325 e. The second-order valence-electron chi connectivity index (χ2n) is 8.49. The fourth-order valence-corrected chi connectivity index (χ4v) is 8.33. The lowest BCUT2D eigenvalue weighted by Gasteiger charge is -2.27. The Balaban J connectivity index is 0.00000533. The molecule has 0 aliphatic heterocycles. The van der Waals surface area contributed by atoms with Crippen molar-refractivity contribution < 1.29 is 40.8 Å². The van der Waals surface area contributed by atoms with Crippen LogP contribution in [0.3, 0.4) is 0 Å². The molecule has 210 valence electrons. The van der Waals surface area contributed by atoms with Crippen LogP contribution < -0.4 is 43.9 Å². The summed E-state index contributed by atoms with van der Waals surface area (Å²) in [6.45, 7) is 1.51. The van der Waals surface area contributed by atoms with Crippen LogP contribution in [0.2, 0.25) is 0 Å². The maximum atomic E-state index is 11.7. The number of carbonyl (C=O) groups is 2. The van der Waals surface area contributed by atoms with Crippen LogP contribution in [0.15, 0.2) is 91.0 Å². The molecule has 0 saturated carbocycles. The van der Waals surface area contributed by atoms with Gasteiger partial charge in [-0.2, -0.15) is 12.6 Å². The molecule has 0 saturated heterocycles. The van der Waals surface area contributed by atoms with E-state index in [1.165, 1.54) is 15.9 Å². The Bertz CT molecular complexity index is 1020. The molecule has 0 fully saturated rings. The van der Waals surface area contributed by atoms with Crippen molar-refractivity contribution in [1.82, 2.24) is 5.32 Å². The predicted octanol–water partition coefficient (Wildman–Crippen LogP) is -1.07. The van der Waals surface area contributed by atoms with Crippen molar-refractivity contribution in [2.24, 2.45) is 5.73 Å². The molecule has 0 aromatic heterocycles. The fourth-order valence-electron chi connectivity index (χ4n) is 4.04. The normalized spacial score (nSPS) is 11.7. The number of hydrogen-bond acceptors (Lipinski definition) is 7. The third kappa shape index (κ3) is 10.0. The summed E-state index contributed by atoms with van der Waals surface area (Å²) in [4.78, 5) is 23.3. The number of halogens is 1. The summed E-state index contributed by atoms with van der Waals surface area (Å²) in [6, 6.07) is 31.3. The van der Waals surface area contributed by atoms with Gasteiger partial charge in [0.2, 0.25) is 5.91 Å². The number of thiol groups is 1. The van der Waals surface area contributed by atoms with Gasteiger partial charge in [0.15, 0.2) is 0 Å². The van der Waals surface area contributed by atoms with Crippen LogP contribution >= 0.6 is 19.9 Å². The lowest BCUT2D eigenvalue weighted by Crippen LogP contribution is -3.00. The van der Waals surface area contributed by atoms with Crippen molar-refractivity contribution in [3.05, 3.63) is 91.0 Å². The molecule has 3 aromatic rings. The summed E-state index contributed by atoms with van der Waals surface area (Å²) in [5, 5.41) is 6.38. The van der Waals surface area contributed by atoms with Gasteiger partial charge in [-0.05, 0) is 36.4 Å². The molecule has 39 heavy (non-hydrogen) atoms. The molecule has 0 aliphatic carbocycles. The number of amides is 1. The molecule has 0 unspecified atom stereocenters. The highest BCUT2D eigenvalue weighted by Crippen LogP contribution is 2.54. The monoisotopic (exact) mass is 634 g/mol. The second kappa shape index (κ2) is 18.2. The number of hydrogen-bond donors (Lipinski definition) is 3. The molecular formula is C29H36BrN2O5PS. The molecule has 1 atom stereocenters. The highest BCUT2D eigenvalue weighted by Gasteiger charge is 2.44. The van der Waals surface area contributed by atoms with Gasteiger partial charge in [0.05, 0.1) is 38.6 Å². The molecule has 3 rings (SSSR count). The maximum absolute atomic E-state index is 11.7. The Morgan fingerprint density at radius 1 is 0.744 bits per heavy atom. The zero-order chi connectivity index (χ0) is 27.1. The Morgan fingerprint density at radius 2 is 1.18 bits per heavy atom. The molecule has 7 nitrogen and oxygen atoms in total. The van der Waals surface area contributed by atoms with Crippen molar-refractivity contribution in [3.8, 4) is 0 Å². The van der Waals surface area contributed by atoms with Gasteiger partial charge in [0.1, 0.15) is 36.3 Å². The Kier molecular flexibility index (Phi) is 15.3. The van der Waals surface area contributed by atoms with E-state index in [1.54, 1.807) is 0 Å². The van der Waals surface area contributed by atoms with E-state index < -0.39 is 25.2 Å². The van der Waals surface area contributed by atoms with Crippen molar-refractivity contribution >= 4 is 47.7 Å². The number of benzene rings is 3. The van der Waals surface area contributed by atoms with Gasteiger partial charge in [0, 0.05) is 5.75 Å². The third-order valence-corrected chi connectivity index (χ3v) is 10.8. The lowest BCUT2D eigenvalue weighted by atomic mass is 10.3. The van der Waals surface area contributed by atoms with Gasteiger partial charge in [-0.15, -0.1) is 0 Å². The van der Waals surface area contributed by atoms with E-state index >= 15 is 0 Å². The topological polar surface area (TPSA) is 99.9 Å². The quantitative estimate of drug-likeness (QED) is 0.0804. The van der Waals surface area contributed by atoms with Gasteiger partial charge in [-0.1, -0.05) is 54.6 Å². The lowest BCUT2D eigenvalue weighted by molar-refractivity contribution is -0.145. The number of rotatable bonds is 16. The van der Waals surface area contributed by atoms with Gasteiger partial charge < -0.3 is 42.2 Å². The smallest absolute Gasteiger partial charge is 0.325 e. The van der Waals surface area contributed by atoms with E-state index in [-0.39, 0.29) is 42.5 Å². The SMILES string of the molecule is N[C@@H](CS)C(=O)NCC(=O)OCCOCCOCC[P+](c1ccccc1)(c1ccccc1)c1ccccc1.[Br-]. The Hall–Kier alpha value is -2.26. The molecule has 10 heteroatoms. The molecule has 0 aliphatic rings. The molecule has 0 bridgehead atoms. The second-order valence-corrected chi connectivity index (χ2v) is 12.5. The first-order valence-corrected chi connectivity index (χ1v) is 15.2. The largest absolute Gasteiger partial charge is 1.00 e. The van der Waals surface area contributed by atoms with Crippen LogP contribution in [0.25, 0.3) is 0 Å². The zero-order valence-electron chi connectivity index (χ0n) is 21.8. The number of nitrogens with two attached hydrogens (primary N) is 1. The van der Waals surface area contributed by atoms with Crippen LogP contribution in [0.5, 0.6) is 0 Å². The van der Waals surface area contributed by atoms with Gasteiger partial charge in [0.25, 0.3) is 0 Å². The van der Waals surface area contributed by atoms with E-state index in [4.69, 9.17) is 19.9 Å². The number of esters is 1. The van der Waals surface area contributed by atoms with E-state index in [2.05, 4.69) is 109 Å². The highest BCUT2D eigenvalue weighted by atomic mass is 79.9. The van der Waals surface area contributed by atoms with Crippen molar-refractivity contribution in [3.63, 3.8) is 0 Å². The van der Waals surface area contributed by atoms with Crippen LogP contribution in [-0.4, -0.2) is 69.4 Å².